The number of carbonyl (C=O) groups is 1. The zero-order valence-electron chi connectivity index (χ0n) is 14.3. The van der Waals surface area contributed by atoms with Crippen molar-refractivity contribution in [3.63, 3.8) is 0 Å². The lowest BCUT2D eigenvalue weighted by Crippen LogP contribution is -2.58. The third-order valence-electron chi connectivity index (χ3n) is 4.39. The molecular weight excluding hydrogens is 432 g/mol. The summed E-state index contributed by atoms with van der Waals surface area (Å²) in [5, 5.41) is 7.43. The molecule has 1 aromatic carbocycles. The Balaban J connectivity index is 1.56. The summed E-state index contributed by atoms with van der Waals surface area (Å²) in [7, 11) is 0. The molecule has 1 aromatic heterocycles. The summed E-state index contributed by atoms with van der Waals surface area (Å²) >= 11 is 6.71. The Hall–Kier alpha value is -1.51. The first-order valence-corrected chi connectivity index (χ1v) is 11.2. The van der Waals surface area contributed by atoms with Gasteiger partial charge >= 0.3 is 0 Å². The highest BCUT2D eigenvalue weighted by Gasteiger charge is 2.43. The molecule has 2 aliphatic rings. The summed E-state index contributed by atoms with van der Waals surface area (Å²) in [6.07, 6.45) is 1.82. The van der Waals surface area contributed by atoms with Gasteiger partial charge in [-0.15, -0.1) is 11.3 Å². The standard InChI is InChI=1S/C18H19BrN4OS2/c1-2-3-8-22-16(24)15-14(7-9-25-15)23-17(22)20-21-18(23)26-11-12-5-4-6-13(19)10-12/h4-7,9-10,17,20H,2-3,8,11H2,1H3. The molecule has 2 aromatic rings. The lowest BCUT2D eigenvalue weighted by atomic mass is 10.2. The summed E-state index contributed by atoms with van der Waals surface area (Å²) < 4.78 is 1.08. The van der Waals surface area contributed by atoms with Gasteiger partial charge in [-0.3, -0.25) is 20.0 Å². The highest BCUT2D eigenvalue weighted by atomic mass is 79.9. The smallest absolute Gasteiger partial charge is 0.269 e. The van der Waals surface area contributed by atoms with Gasteiger partial charge in [0.1, 0.15) is 4.88 Å². The molecule has 1 atom stereocenters. The second kappa shape index (κ2) is 7.62. The summed E-state index contributed by atoms with van der Waals surface area (Å²) in [4.78, 5) is 17.7. The van der Waals surface area contributed by atoms with Crippen LogP contribution in [0, 0.1) is 0 Å². The molecule has 2 aliphatic heterocycles. The zero-order valence-corrected chi connectivity index (χ0v) is 17.5. The molecule has 136 valence electrons. The maximum atomic E-state index is 12.9. The van der Waals surface area contributed by atoms with E-state index in [9.17, 15) is 4.79 Å². The van der Waals surface area contributed by atoms with E-state index in [0.29, 0.717) is 0 Å². The molecule has 0 saturated heterocycles. The number of amides is 1. The largest absolute Gasteiger partial charge is 0.298 e. The number of nitrogens with zero attached hydrogens (tertiary/aromatic N) is 3. The maximum Gasteiger partial charge on any atom is 0.269 e. The van der Waals surface area contributed by atoms with Gasteiger partial charge in [0.25, 0.3) is 5.91 Å². The number of fused-ring (bicyclic) bond motifs is 3. The number of anilines is 1. The average molecular weight is 451 g/mol. The monoisotopic (exact) mass is 450 g/mol. The minimum Gasteiger partial charge on any atom is -0.298 e. The second-order valence-electron chi connectivity index (χ2n) is 6.17. The normalized spacial score (nSPS) is 18.5. The molecule has 0 bridgehead atoms. The van der Waals surface area contributed by atoms with Crippen molar-refractivity contribution in [3.8, 4) is 0 Å². The maximum absolute atomic E-state index is 12.9. The van der Waals surface area contributed by atoms with E-state index in [0.717, 1.165) is 45.3 Å². The molecule has 26 heavy (non-hydrogen) atoms. The third-order valence-corrected chi connectivity index (χ3v) is 6.80. The van der Waals surface area contributed by atoms with Crippen LogP contribution >= 0.6 is 39.0 Å². The number of benzene rings is 1. The predicted octanol–water partition coefficient (Wildman–Crippen LogP) is 4.66. The van der Waals surface area contributed by atoms with Crippen LogP contribution in [0.25, 0.3) is 0 Å². The lowest BCUT2D eigenvalue weighted by molar-refractivity contribution is 0.0644. The molecule has 0 spiro atoms. The van der Waals surface area contributed by atoms with E-state index in [1.807, 2.05) is 28.5 Å². The number of halogens is 1. The SMILES string of the molecule is CCCCN1C(=O)c2sccc2N2C(SCc3cccc(Br)c3)=NNC12. The number of rotatable bonds is 5. The fraction of sp³-hybridized carbons (Fsp3) is 0.333. The first kappa shape index (κ1) is 17.9. The fourth-order valence-electron chi connectivity index (χ4n) is 3.10. The van der Waals surface area contributed by atoms with Crippen LogP contribution in [0.15, 0.2) is 45.3 Å². The Bertz CT molecular complexity index is 853. The minimum atomic E-state index is -0.221. The highest BCUT2D eigenvalue weighted by molar-refractivity contribution is 9.10. The predicted molar refractivity (Wildman–Crippen MR) is 113 cm³/mol. The van der Waals surface area contributed by atoms with Crippen molar-refractivity contribution < 1.29 is 4.79 Å². The van der Waals surface area contributed by atoms with E-state index in [1.165, 1.54) is 16.9 Å². The van der Waals surface area contributed by atoms with Crippen LogP contribution in [-0.2, 0) is 5.75 Å². The van der Waals surface area contributed by atoms with Gasteiger partial charge in [0.15, 0.2) is 5.17 Å². The molecule has 0 radical (unpaired) electrons. The van der Waals surface area contributed by atoms with Gasteiger partial charge in [-0.05, 0) is 35.6 Å². The third kappa shape index (κ3) is 3.25. The van der Waals surface area contributed by atoms with Gasteiger partial charge in [0, 0.05) is 16.8 Å². The van der Waals surface area contributed by atoms with Crippen LogP contribution in [0.2, 0.25) is 0 Å². The van der Waals surface area contributed by atoms with E-state index in [2.05, 4.69) is 50.4 Å². The van der Waals surface area contributed by atoms with Crippen LogP contribution in [0.3, 0.4) is 0 Å². The van der Waals surface area contributed by atoms with Gasteiger partial charge in [0.2, 0.25) is 6.29 Å². The van der Waals surface area contributed by atoms with Crippen molar-refractivity contribution in [1.82, 2.24) is 10.3 Å². The molecule has 3 heterocycles. The van der Waals surface area contributed by atoms with E-state index in [1.54, 1.807) is 11.8 Å². The Kier molecular flexibility index (Phi) is 5.24. The van der Waals surface area contributed by atoms with E-state index in [4.69, 9.17) is 0 Å². The molecule has 1 unspecified atom stereocenters. The number of hydrogen-bond acceptors (Lipinski definition) is 6. The number of unbranched alkanes of at least 4 members (excludes halogenated alkanes) is 1. The first-order chi connectivity index (χ1) is 12.7. The molecular formula is C18H19BrN4OS2. The molecule has 1 amide bonds. The highest BCUT2D eigenvalue weighted by Crippen LogP contribution is 2.38. The summed E-state index contributed by atoms with van der Waals surface area (Å²) in [6.45, 7) is 2.88. The van der Waals surface area contributed by atoms with Crippen molar-refractivity contribution in [2.45, 2.75) is 31.8 Å². The average Bonchev–Trinajstić information content (AvgIpc) is 3.27. The number of carbonyl (C=O) groups excluding carboxylic acids is 1. The van der Waals surface area contributed by atoms with E-state index in [-0.39, 0.29) is 12.2 Å². The number of thiophene rings is 1. The Morgan fingerprint density at radius 1 is 1.38 bits per heavy atom. The van der Waals surface area contributed by atoms with Crippen LogP contribution in [0.5, 0.6) is 0 Å². The van der Waals surface area contributed by atoms with Gasteiger partial charge in [-0.25, -0.2) is 0 Å². The van der Waals surface area contributed by atoms with Crippen LogP contribution < -0.4 is 10.3 Å². The van der Waals surface area contributed by atoms with Crippen molar-refractivity contribution in [2.24, 2.45) is 5.10 Å². The second-order valence-corrected chi connectivity index (χ2v) is 8.95. The Morgan fingerprint density at radius 2 is 2.27 bits per heavy atom. The lowest BCUT2D eigenvalue weighted by Gasteiger charge is -2.39. The van der Waals surface area contributed by atoms with E-state index >= 15 is 0 Å². The fourth-order valence-corrected chi connectivity index (χ4v) is 5.31. The molecule has 8 heteroatoms. The summed E-state index contributed by atoms with van der Waals surface area (Å²) in [5.74, 6) is 0.927. The number of hydrazone groups is 1. The minimum absolute atomic E-state index is 0.102. The van der Waals surface area contributed by atoms with Gasteiger partial charge in [-0.2, -0.15) is 5.10 Å². The molecule has 0 fully saturated rings. The molecule has 1 N–H and O–H groups in total. The van der Waals surface area contributed by atoms with Gasteiger partial charge < -0.3 is 0 Å². The number of thioether (sulfide) groups is 1. The van der Waals surface area contributed by atoms with Crippen molar-refractivity contribution in [2.75, 3.05) is 11.4 Å². The topological polar surface area (TPSA) is 47.9 Å². The van der Waals surface area contributed by atoms with E-state index < -0.39 is 0 Å². The molecule has 0 saturated carbocycles. The van der Waals surface area contributed by atoms with Gasteiger partial charge in [0.05, 0.1) is 5.69 Å². The number of hydrogen-bond donors (Lipinski definition) is 1. The van der Waals surface area contributed by atoms with Crippen LogP contribution in [0.1, 0.15) is 35.0 Å². The summed E-state index contributed by atoms with van der Waals surface area (Å²) in [5.41, 5.74) is 5.36. The summed E-state index contributed by atoms with van der Waals surface area (Å²) in [6, 6.07) is 10.3. The van der Waals surface area contributed by atoms with Gasteiger partial charge in [-0.1, -0.05) is 53.2 Å². The molecule has 4 rings (SSSR count). The van der Waals surface area contributed by atoms with Crippen molar-refractivity contribution >= 4 is 55.8 Å². The first-order valence-electron chi connectivity index (χ1n) is 8.57. The molecule has 5 nitrogen and oxygen atoms in total. The number of amidine groups is 1. The van der Waals surface area contributed by atoms with Crippen molar-refractivity contribution in [1.29, 1.82) is 0 Å². The Morgan fingerprint density at radius 3 is 3.08 bits per heavy atom. The van der Waals surface area contributed by atoms with Crippen LogP contribution in [0.4, 0.5) is 5.69 Å². The number of nitrogens with one attached hydrogen (secondary N) is 1. The van der Waals surface area contributed by atoms with Crippen LogP contribution in [-0.4, -0.2) is 28.8 Å². The molecule has 0 aliphatic carbocycles. The Labute approximate surface area is 169 Å². The van der Waals surface area contributed by atoms with Crippen molar-refractivity contribution in [3.05, 3.63) is 50.6 Å². The quantitative estimate of drug-likeness (QED) is 0.718. The zero-order chi connectivity index (χ0) is 18.1.